The molecule has 240 valence electrons. The molecule has 0 radical (unpaired) electrons. The van der Waals surface area contributed by atoms with E-state index in [9.17, 15) is 23.2 Å². The molecule has 1 unspecified atom stereocenters. The number of nitrogens with zero attached hydrogens (tertiary/aromatic N) is 1. The quantitative estimate of drug-likeness (QED) is 0.113. The van der Waals surface area contributed by atoms with Crippen molar-refractivity contribution in [3.8, 4) is 17.2 Å². The topological polar surface area (TPSA) is 156 Å². The number of nitrogen functional groups attached to an aromatic ring is 1. The van der Waals surface area contributed by atoms with Gasteiger partial charge >= 0.3 is 0 Å². The number of methoxy groups -OCH3 is 3. The molecule has 1 aliphatic heterocycles. The summed E-state index contributed by atoms with van der Waals surface area (Å²) in [6.45, 7) is 10.5. The van der Waals surface area contributed by atoms with E-state index in [2.05, 4.69) is 23.9 Å². The van der Waals surface area contributed by atoms with Crippen LogP contribution in [-0.4, -0.2) is 55.8 Å². The Labute approximate surface area is 260 Å². The maximum absolute atomic E-state index is 13.6. The van der Waals surface area contributed by atoms with Gasteiger partial charge in [-0.25, -0.2) is 8.78 Å². The first kappa shape index (κ1) is 35.7. The number of amides is 3. The Morgan fingerprint density at radius 2 is 1.56 bits per heavy atom. The predicted octanol–water partition coefficient (Wildman–Crippen LogP) is 4.83. The molecule has 0 spiro atoms. The molecule has 0 bridgehead atoms. The smallest absolute Gasteiger partial charge is 0.280 e. The number of rotatable bonds is 12. The number of carbonyl (C=O) groups excluding carboxylic acids is 3. The van der Waals surface area contributed by atoms with Crippen LogP contribution in [0, 0.1) is 5.41 Å². The molecule has 1 atom stereocenters. The zero-order valence-electron chi connectivity index (χ0n) is 25.9. The highest BCUT2D eigenvalue weighted by Crippen LogP contribution is 2.40. The van der Waals surface area contributed by atoms with Gasteiger partial charge in [0.15, 0.2) is 11.5 Å². The number of carbonyl (C=O) groups is 3. The SMILES string of the molecule is C=C(C)C(C)(F)F.C=CC1=C(/C=C\C)C(=O)N(NC(=O)C(Nc2ccc(C(=N)N)cc2)c2cc(OC)c(OC)c(OC)c2)C1=O. The number of anilines is 1. The standard InChI is InChI=1S/C27H29N5O6.C5H8F2/c1-6-8-19-18(7-2)26(34)32(27(19)35)31-25(33)22(30-17-11-9-15(10-12-17)24(28)29)16-13-20(36-3)23(38-5)21(14-16)37-4;1-4(2)5(3,6)7/h6-14,22,30H,2H2,1,3-5H3,(H3,28,29)(H,31,33);1H2,2-3H3/b8-6-;. The molecule has 2 aromatic rings. The third-order valence-electron chi connectivity index (χ3n) is 6.46. The third-order valence-corrected chi connectivity index (χ3v) is 6.46. The molecule has 45 heavy (non-hydrogen) atoms. The van der Waals surface area contributed by atoms with Crippen molar-refractivity contribution < 1.29 is 37.4 Å². The summed E-state index contributed by atoms with van der Waals surface area (Å²) < 4.78 is 39.7. The summed E-state index contributed by atoms with van der Waals surface area (Å²) >= 11 is 0. The molecule has 11 nitrogen and oxygen atoms in total. The number of ether oxygens (including phenoxy) is 3. The second-order valence-electron chi connectivity index (χ2n) is 9.65. The van der Waals surface area contributed by atoms with Crippen LogP contribution < -0.4 is 30.7 Å². The number of hydrogen-bond donors (Lipinski definition) is 4. The van der Waals surface area contributed by atoms with Crippen molar-refractivity contribution in [2.45, 2.75) is 32.7 Å². The fourth-order valence-corrected chi connectivity index (χ4v) is 3.85. The summed E-state index contributed by atoms with van der Waals surface area (Å²) in [5.74, 6) is -4.00. The largest absolute Gasteiger partial charge is 0.493 e. The normalized spacial score (nSPS) is 13.6. The van der Waals surface area contributed by atoms with Crippen LogP contribution in [-0.2, 0) is 14.4 Å². The Balaban J connectivity index is 0.000000900. The van der Waals surface area contributed by atoms with Gasteiger partial charge in [0.1, 0.15) is 11.9 Å². The van der Waals surface area contributed by atoms with Gasteiger partial charge in [0.2, 0.25) is 5.75 Å². The van der Waals surface area contributed by atoms with Crippen molar-refractivity contribution in [3.63, 3.8) is 0 Å². The van der Waals surface area contributed by atoms with Crippen molar-refractivity contribution in [2.75, 3.05) is 26.6 Å². The van der Waals surface area contributed by atoms with E-state index in [1.54, 1.807) is 49.4 Å². The highest BCUT2D eigenvalue weighted by Gasteiger charge is 2.38. The van der Waals surface area contributed by atoms with Gasteiger partial charge in [0.05, 0.1) is 32.5 Å². The van der Waals surface area contributed by atoms with Gasteiger partial charge in [-0.05, 0) is 61.4 Å². The number of nitrogens with one attached hydrogen (secondary N) is 3. The number of hydrazine groups is 1. The highest BCUT2D eigenvalue weighted by molar-refractivity contribution is 6.22. The van der Waals surface area contributed by atoms with Crippen LogP contribution >= 0.6 is 0 Å². The minimum Gasteiger partial charge on any atom is -0.493 e. The monoisotopic (exact) mass is 625 g/mol. The molecule has 3 amide bonds. The summed E-state index contributed by atoms with van der Waals surface area (Å²) in [6.07, 6.45) is 4.36. The van der Waals surface area contributed by atoms with E-state index in [1.807, 2.05) is 0 Å². The van der Waals surface area contributed by atoms with Crippen LogP contribution in [0.25, 0.3) is 0 Å². The van der Waals surface area contributed by atoms with Gasteiger partial charge in [-0.3, -0.25) is 25.2 Å². The van der Waals surface area contributed by atoms with Crippen molar-refractivity contribution in [3.05, 3.63) is 95.6 Å². The lowest BCUT2D eigenvalue weighted by Gasteiger charge is -2.24. The summed E-state index contributed by atoms with van der Waals surface area (Å²) in [4.78, 5) is 39.5. The summed E-state index contributed by atoms with van der Waals surface area (Å²) in [7, 11) is 4.34. The van der Waals surface area contributed by atoms with Gasteiger partial charge in [0.25, 0.3) is 23.6 Å². The molecule has 0 aliphatic carbocycles. The minimum absolute atomic E-state index is 0.0746. The number of amidine groups is 1. The molecule has 0 saturated carbocycles. The van der Waals surface area contributed by atoms with E-state index in [4.69, 9.17) is 25.4 Å². The number of alkyl halides is 2. The Bertz CT molecular complexity index is 1520. The van der Waals surface area contributed by atoms with Crippen LogP contribution in [0.5, 0.6) is 17.2 Å². The first-order valence-electron chi connectivity index (χ1n) is 13.4. The van der Waals surface area contributed by atoms with E-state index in [0.29, 0.717) is 39.1 Å². The number of hydrogen-bond acceptors (Lipinski definition) is 8. The van der Waals surface area contributed by atoms with Gasteiger partial charge in [0, 0.05) is 18.2 Å². The molecule has 1 heterocycles. The van der Waals surface area contributed by atoms with E-state index in [-0.39, 0.29) is 22.6 Å². The van der Waals surface area contributed by atoms with Crippen molar-refractivity contribution in [2.24, 2.45) is 5.73 Å². The Morgan fingerprint density at radius 1 is 1.04 bits per heavy atom. The number of halogens is 2. The van der Waals surface area contributed by atoms with E-state index in [1.165, 1.54) is 40.4 Å². The first-order valence-corrected chi connectivity index (χ1v) is 13.4. The van der Waals surface area contributed by atoms with E-state index >= 15 is 0 Å². The second kappa shape index (κ2) is 15.3. The fourth-order valence-electron chi connectivity index (χ4n) is 3.85. The summed E-state index contributed by atoms with van der Waals surface area (Å²) in [5, 5.41) is 11.3. The maximum Gasteiger partial charge on any atom is 0.280 e. The third kappa shape index (κ3) is 8.56. The molecule has 3 rings (SSSR count). The summed E-state index contributed by atoms with van der Waals surface area (Å²) in [5.41, 5.74) is 9.45. The fraction of sp³-hybridized carbons (Fsp3) is 0.250. The van der Waals surface area contributed by atoms with Crippen molar-refractivity contribution in [1.29, 1.82) is 5.41 Å². The van der Waals surface area contributed by atoms with Crippen LogP contribution in [0.3, 0.4) is 0 Å². The van der Waals surface area contributed by atoms with Gasteiger partial charge in [-0.1, -0.05) is 31.4 Å². The molecule has 0 saturated heterocycles. The average Bonchev–Trinajstić information content (AvgIpc) is 3.22. The molecular weight excluding hydrogens is 588 g/mol. The Morgan fingerprint density at radius 3 is 1.96 bits per heavy atom. The zero-order valence-corrected chi connectivity index (χ0v) is 25.9. The van der Waals surface area contributed by atoms with Crippen LogP contribution in [0.2, 0.25) is 0 Å². The lowest BCUT2D eigenvalue weighted by Crippen LogP contribution is -2.49. The van der Waals surface area contributed by atoms with E-state index < -0.39 is 29.7 Å². The maximum atomic E-state index is 13.6. The van der Waals surface area contributed by atoms with Gasteiger partial charge in [-0.15, -0.1) is 0 Å². The molecule has 13 heteroatoms. The summed E-state index contributed by atoms with van der Waals surface area (Å²) in [6, 6.07) is 8.54. The lowest BCUT2D eigenvalue weighted by molar-refractivity contribution is -0.147. The molecular formula is C32H37F2N5O6. The average molecular weight is 626 g/mol. The number of imide groups is 1. The van der Waals surface area contributed by atoms with Gasteiger partial charge in [-0.2, -0.15) is 5.01 Å². The Hall–Kier alpha value is -5.46. The number of benzene rings is 2. The molecule has 0 aromatic heterocycles. The van der Waals surface area contributed by atoms with Crippen LogP contribution in [0.15, 0.2) is 84.5 Å². The Kier molecular flexibility index (Phi) is 12.2. The number of allylic oxidation sites excluding steroid dienone is 2. The first-order chi connectivity index (χ1) is 21.1. The lowest BCUT2D eigenvalue weighted by atomic mass is 10.0. The van der Waals surface area contributed by atoms with E-state index in [0.717, 1.165) is 6.92 Å². The van der Waals surface area contributed by atoms with Crippen molar-refractivity contribution >= 4 is 29.2 Å². The molecule has 0 fully saturated rings. The second-order valence-corrected chi connectivity index (χ2v) is 9.65. The van der Waals surface area contributed by atoms with Crippen molar-refractivity contribution in [1.82, 2.24) is 10.4 Å². The van der Waals surface area contributed by atoms with Crippen LogP contribution in [0.1, 0.15) is 37.9 Å². The molecule has 2 aromatic carbocycles. The highest BCUT2D eigenvalue weighted by atomic mass is 19.3. The zero-order chi connectivity index (χ0) is 34.1. The van der Waals surface area contributed by atoms with Gasteiger partial charge < -0.3 is 25.3 Å². The van der Waals surface area contributed by atoms with Crippen LogP contribution in [0.4, 0.5) is 14.5 Å². The molecule has 5 N–H and O–H groups in total. The minimum atomic E-state index is -2.69. The molecule has 1 aliphatic rings. The number of nitrogens with two attached hydrogens (primary N) is 1. The predicted molar refractivity (Wildman–Crippen MR) is 167 cm³/mol.